The van der Waals surface area contributed by atoms with Crippen LogP contribution >= 0.6 is 0 Å². The summed E-state index contributed by atoms with van der Waals surface area (Å²) in [5, 5.41) is 0. The van der Waals surface area contributed by atoms with Gasteiger partial charge in [-0.05, 0) is 83.0 Å². The summed E-state index contributed by atoms with van der Waals surface area (Å²) in [5.74, 6) is 0. The van der Waals surface area contributed by atoms with Crippen molar-refractivity contribution >= 4 is 57.2 Å². The van der Waals surface area contributed by atoms with Gasteiger partial charge in [-0.2, -0.15) is 0 Å². The fraction of sp³-hybridized carbons (Fsp3) is 0.0270. The van der Waals surface area contributed by atoms with Gasteiger partial charge < -0.3 is 9.80 Å². The lowest BCUT2D eigenvalue weighted by Crippen LogP contribution is -2.61. The van der Waals surface area contributed by atoms with Crippen LogP contribution < -0.4 is 26.2 Å². The van der Waals surface area contributed by atoms with E-state index >= 15 is 0 Å². The largest absolute Gasteiger partial charge is 0.311 e. The lowest BCUT2D eigenvalue weighted by atomic mass is 9.33. The lowest BCUT2D eigenvalue weighted by molar-refractivity contribution is 1.25. The standard InChI is InChI=1S/C37H27BN2/c1-26-19-21-27(22-20-26)28-23-24-34-32(25-28)38-31-15-8-9-16-33(31)39(29-11-4-2-5-12-29)35-17-10-18-36(37(35)38)40(34)30-13-6-3-7-14-30/h2-25H,1H3. The summed E-state index contributed by atoms with van der Waals surface area (Å²) in [5.41, 5.74) is 15.1. The van der Waals surface area contributed by atoms with Crippen LogP contribution in [0.4, 0.5) is 34.1 Å². The van der Waals surface area contributed by atoms with Gasteiger partial charge in [-0.1, -0.05) is 103 Å². The maximum atomic E-state index is 2.45. The second kappa shape index (κ2) is 9.03. The molecule has 8 rings (SSSR count). The van der Waals surface area contributed by atoms with E-state index < -0.39 is 0 Å². The van der Waals surface area contributed by atoms with Crippen LogP contribution in [0.25, 0.3) is 11.1 Å². The molecule has 6 aromatic carbocycles. The minimum atomic E-state index is 0.128. The fourth-order valence-electron chi connectivity index (χ4n) is 6.53. The molecule has 0 saturated heterocycles. The number of fused-ring (bicyclic) bond motifs is 4. The first-order chi connectivity index (χ1) is 19.8. The molecule has 2 aliphatic heterocycles. The Bertz CT molecular complexity index is 1850. The molecule has 0 saturated carbocycles. The monoisotopic (exact) mass is 510 g/mol. The maximum absolute atomic E-state index is 2.45. The predicted octanol–water partition coefficient (Wildman–Crippen LogP) is 7.74. The molecule has 40 heavy (non-hydrogen) atoms. The highest BCUT2D eigenvalue weighted by molar-refractivity contribution is 7.00. The van der Waals surface area contributed by atoms with Crippen molar-refractivity contribution in [1.82, 2.24) is 0 Å². The van der Waals surface area contributed by atoms with Crippen LogP contribution in [0.2, 0.25) is 0 Å². The van der Waals surface area contributed by atoms with Crippen molar-refractivity contribution in [2.24, 2.45) is 0 Å². The zero-order chi connectivity index (χ0) is 26.6. The summed E-state index contributed by atoms with van der Waals surface area (Å²) in [6.45, 7) is 2.27. The Kier molecular flexibility index (Phi) is 5.18. The normalized spacial score (nSPS) is 13.0. The first kappa shape index (κ1) is 22.9. The molecule has 0 spiro atoms. The minimum Gasteiger partial charge on any atom is -0.311 e. The van der Waals surface area contributed by atoms with E-state index in [4.69, 9.17) is 0 Å². The summed E-state index contributed by atoms with van der Waals surface area (Å²) in [6.07, 6.45) is 0. The van der Waals surface area contributed by atoms with Gasteiger partial charge in [0.1, 0.15) is 0 Å². The van der Waals surface area contributed by atoms with Crippen molar-refractivity contribution in [3.8, 4) is 11.1 Å². The Morgan fingerprint density at radius 3 is 1.60 bits per heavy atom. The molecule has 6 aromatic rings. The second-order valence-electron chi connectivity index (χ2n) is 10.7. The van der Waals surface area contributed by atoms with Gasteiger partial charge in [0.25, 0.3) is 6.71 Å². The van der Waals surface area contributed by atoms with Gasteiger partial charge in [0.05, 0.1) is 0 Å². The Morgan fingerprint density at radius 2 is 0.950 bits per heavy atom. The Morgan fingerprint density at radius 1 is 0.425 bits per heavy atom. The molecular weight excluding hydrogens is 483 g/mol. The smallest absolute Gasteiger partial charge is 0.252 e. The van der Waals surface area contributed by atoms with Crippen molar-refractivity contribution in [2.45, 2.75) is 6.92 Å². The van der Waals surface area contributed by atoms with Crippen LogP contribution in [-0.2, 0) is 0 Å². The summed E-state index contributed by atoms with van der Waals surface area (Å²) in [6, 6.07) is 53.1. The van der Waals surface area contributed by atoms with E-state index in [0.717, 1.165) is 0 Å². The first-order valence-corrected chi connectivity index (χ1v) is 13.9. The zero-order valence-corrected chi connectivity index (χ0v) is 22.3. The number of anilines is 6. The zero-order valence-electron chi connectivity index (χ0n) is 22.3. The molecule has 2 aliphatic rings. The van der Waals surface area contributed by atoms with Gasteiger partial charge in [-0.25, -0.2) is 0 Å². The van der Waals surface area contributed by atoms with Crippen molar-refractivity contribution in [3.05, 3.63) is 151 Å². The van der Waals surface area contributed by atoms with Crippen molar-refractivity contribution in [1.29, 1.82) is 0 Å². The summed E-state index contributed by atoms with van der Waals surface area (Å²) in [4.78, 5) is 4.88. The molecule has 3 heteroatoms. The van der Waals surface area contributed by atoms with Crippen LogP contribution in [0.5, 0.6) is 0 Å². The predicted molar refractivity (Wildman–Crippen MR) is 171 cm³/mol. The van der Waals surface area contributed by atoms with Crippen molar-refractivity contribution in [3.63, 3.8) is 0 Å². The number of rotatable bonds is 3. The quantitative estimate of drug-likeness (QED) is 0.224. The molecule has 0 N–H and O–H groups in total. The number of aryl methyl sites for hydroxylation is 1. The third kappa shape index (κ3) is 3.44. The van der Waals surface area contributed by atoms with E-state index in [2.05, 4.69) is 162 Å². The average molecular weight is 510 g/mol. The van der Waals surface area contributed by atoms with E-state index in [1.807, 2.05) is 0 Å². The van der Waals surface area contributed by atoms with E-state index in [1.54, 1.807) is 0 Å². The van der Waals surface area contributed by atoms with Gasteiger partial charge in [0, 0.05) is 34.1 Å². The van der Waals surface area contributed by atoms with Crippen LogP contribution in [-0.4, -0.2) is 6.71 Å². The van der Waals surface area contributed by atoms with Crippen molar-refractivity contribution in [2.75, 3.05) is 9.80 Å². The number of para-hydroxylation sites is 3. The van der Waals surface area contributed by atoms with Crippen LogP contribution in [0.1, 0.15) is 5.56 Å². The molecule has 0 fully saturated rings. The molecule has 0 radical (unpaired) electrons. The van der Waals surface area contributed by atoms with Gasteiger partial charge in [0.2, 0.25) is 0 Å². The Labute approximate surface area is 235 Å². The fourth-order valence-corrected chi connectivity index (χ4v) is 6.53. The van der Waals surface area contributed by atoms with Gasteiger partial charge in [-0.15, -0.1) is 0 Å². The molecule has 0 bridgehead atoms. The van der Waals surface area contributed by atoms with E-state index in [0.29, 0.717) is 0 Å². The minimum absolute atomic E-state index is 0.128. The molecular formula is C37H27BN2. The van der Waals surface area contributed by atoms with Gasteiger partial charge in [-0.3, -0.25) is 0 Å². The molecule has 2 nitrogen and oxygen atoms in total. The van der Waals surface area contributed by atoms with E-state index in [1.165, 1.54) is 67.2 Å². The first-order valence-electron chi connectivity index (χ1n) is 13.9. The summed E-state index contributed by atoms with van der Waals surface area (Å²) in [7, 11) is 0. The molecule has 188 valence electrons. The number of hydrogen-bond acceptors (Lipinski definition) is 2. The molecule has 2 heterocycles. The SMILES string of the molecule is Cc1ccc(-c2ccc3c(c2)B2c4ccccc4N(c4ccccc4)c4cccc(c42)N3c2ccccc2)cc1. The molecule has 0 amide bonds. The van der Waals surface area contributed by atoms with Crippen LogP contribution in [0.15, 0.2) is 146 Å². The summed E-state index contributed by atoms with van der Waals surface area (Å²) < 4.78 is 0. The highest BCUT2D eigenvalue weighted by Crippen LogP contribution is 2.43. The average Bonchev–Trinajstić information content (AvgIpc) is 3.02. The molecule has 0 unspecified atom stereocenters. The number of benzene rings is 6. The summed E-state index contributed by atoms with van der Waals surface area (Å²) >= 11 is 0. The highest BCUT2D eigenvalue weighted by atomic mass is 15.2. The van der Waals surface area contributed by atoms with Crippen LogP contribution in [0.3, 0.4) is 0 Å². The Hall–Kier alpha value is -5.02. The molecule has 0 aliphatic carbocycles. The number of nitrogens with zero attached hydrogens (tertiary/aromatic N) is 2. The molecule has 0 atom stereocenters. The highest BCUT2D eigenvalue weighted by Gasteiger charge is 2.42. The lowest BCUT2D eigenvalue weighted by Gasteiger charge is -2.44. The molecule has 0 aromatic heterocycles. The Balaban J connectivity index is 1.44. The number of hydrogen-bond donors (Lipinski definition) is 0. The van der Waals surface area contributed by atoms with E-state index in [9.17, 15) is 0 Å². The third-order valence-corrected chi connectivity index (χ3v) is 8.31. The van der Waals surface area contributed by atoms with Crippen LogP contribution in [0, 0.1) is 6.92 Å². The topological polar surface area (TPSA) is 6.48 Å². The second-order valence-corrected chi connectivity index (χ2v) is 10.7. The van der Waals surface area contributed by atoms with Gasteiger partial charge in [0.15, 0.2) is 0 Å². The van der Waals surface area contributed by atoms with Crippen molar-refractivity contribution < 1.29 is 0 Å². The maximum Gasteiger partial charge on any atom is 0.252 e. The third-order valence-electron chi connectivity index (χ3n) is 8.31. The van der Waals surface area contributed by atoms with Gasteiger partial charge >= 0.3 is 0 Å². The van der Waals surface area contributed by atoms with E-state index in [-0.39, 0.29) is 6.71 Å².